The van der Waals surface area contributed by atoms with E-state index in [0.717, 1.165) is 37.9 Å². The first-order valence-corrected chi connectivity index (χ1v) is 8.41. The maximum absolute atomic E-state index is 9.36. The van der Waals surface area contributed by atoms with Crippen LogP contribution in [0.3, 0.4) is 0 Å². The Morgan fingerprint density at radius 2 is 1.95 bits per heavy atom. The summed E-state index contributed by atoms with van der Waals surface area (Å²) in [6, 6.07) is 0. The molecule has 0 unspecified atom stereocenters. The van der Waals surface area contributed by atoms with E-state index in [0.29, 0.717) is 6.61 Å². The first-order chi connectivity index (χ1) is 9.78. The van der Waals surface area contributed by atoms with Gasteiger partial charge in [-0.3, -0.25) is 4.99 Å². The molecule has 0 aromatic rings. The topological polar surface area (TPSA) is 56.7 Å². The van der Waals surface area contributed by atoms with Gasteiger partial charge in [0.2, 0.25) is 0 Å². The van der Waals surface area contributed by atoms with Gasteiger partial charge in [0.1, 0.15) is 0 Å². The summed E-state index contributed by atoms with van der Waals surface area (Å²) in [7, 11) is 0. The Bertz CT molecular complexity index is 301. The van der Waals surface area contributed by atoms with Crippen molar-refractivity contribution >= 4 is 5.96 Å². The van der Waals surface area contributed by atoms with Crippen LogP contribution in [-0.4, -0.2) is 37.3 Å². The number of aliphatic hydroxyl groups excluding tert-OH is 1. The zero-order chi connectivity index (χ0) is 14.3. The fourth-order valence-electron chi connectivity index (χ4n) is 3.18. The van der Waals surface area contributed by atoms with Crippen LogP contribution < -0.4 is 10.6 Å². The van der Waals surface area contributed by atoms with Crippen LogP contribution in [0.2, 0.25) is 0 Å². The molecule has 4 heteroatoms. The highest BCUT2D eigenvalue weighted by molar-refractivity contribution is 5.79. The Labute approximate surface area is 123 Å². The third-order valence-electron chi connectivity index (χ3n) is 4.73. The number of hydrogen-bond donors (Lipinski definition) is 3. The van der Waals surface area contributed by atoms with Gasteiger partial charge in [-0.05, 0) is 50.4 Å². The summed E-state index contributed by atoms with van der Waals surface area (Å²) in [5, 5.41) is 16.2. The van der Waals surface area contributed by atoms with Crippen molar-refractivity contribution in [2.45, 2.75) is 58.3 Å². The minimum atomic E-state index is 0.245. The Hall–Kier alpha value is -0.770. The lowest BCUT2D eigenvalue weighted by Crippen LogP contribution is -2.40. The highest BCUT2D eigenvalue weighted by Gasteiger charge is 2.31. The molecule has 2 aliphatic rings. The standard InChI is InChI=1S/C16H31N3O/c1-2-17-15(18-12-14-6-7-14)19-13-16(10-11-20)8-4-3-5-9-16/h14,20H,2-13H2,1H3,(H2,17,18,19). The van der Waals surface area contributed by atoms with Gasteiger partial charge < -0.3 is 15.7 Å². The minimum Gasteiger partial charge on any atom is -0.396 e. The average Bonchev–Trinajstić information content (AvgIpc) is 3.28. The van der Waals surface area contributed by atoms with Crippen LogP contribution in [0.4, 0.5) is 0 Å². The van der Waals surface area contributed by atoms with Gasteiger partial charge >= 0.3 is 0 Å². The van der Waals surface area contributed by atoms with E-state index in [1.165, 1.54) is 44.9 Å². The molecule has 2 saturated carbocycles. The fraction of sp³-hybridized carbons (Fsp3) is 0.938. The summed E-state index contributed by atoms with van der Waals surface area (Å²) in [5.74, 6) is 1.82. The summed E-state index contributed by atoms with van der Waals surface area (Å²) < 4.78 is 0. The molecule has 0 atom stereocenters. The maximum atomic E-state index is 9.36. The van der Waals surface area contributed by atoms with Crippen LogP contribution >= 0.6 is 0 Å². The third kappa shape index (κ3) is 4.97. The van der Waals surface area contributed by atoms with Crippen LogP contribution in [0.5, 0.6) is 0 Å². The predicted octanol–water partition coefficient (Wildman–Crippen LogP) is 2.28. The zero-order valence-electron chi connectivity index (χ0n) is 13.0. The van der Waals surface area contributed by atoms with Crippen LogP contribution in [0.1, 0.15) is 58.3 Å². The number of aliphatic hydroxyl groups is 1. The van der Waals surface area contributed by atoms with Gasteiger partial charge in [-0.15, -0.1) is 0 Å². The molecular formula is C16H31N3O. The molecule has 2 fully saturated rings. The van der Waals surface area contributed by atoms with Crippen molar-refractivity contribution in [3.63, 3.8) is 0 Å². The van der Waals surface area contributed by atoms with Gasteiger partial charge in [0, 0.05) is 26.2 Å². The molecule has 0 saturated heterocycles. The molecule has 2 rings (SSSR count). The van der Waals surface area contributed by atoms with Crippen molar-refractivity contribution < 1.29 is 5.11 Å². The SMILES string of the molecule is CCNC(=NCC1(CCO)CCCCC1)NCC1CC1. The largest absolute Gasteiger partial charge is 0.396 e. The molecule has 0 amide bonds. The van der Waals surface area contributed by atoms with Crippen LogP contribution in [-0.2, 0) is 0 Å². The second kappa shape index (κ2) is 7.87. The molecule has 0 aromatic heterocycles. The molecule has 116 valence electrons. The molecule has 0 radical (unpaired) electrons. The quantitative estimate of drug-likeness (QED) is 0.496. The Morgan fingerprint density at radius 3 is 2.55 bits per heavy atom. The second-order valence-electron chi connectivity index (χ2n) is 6.55. The molecular weight excluding hydrogens is 250 g/mol. The molecule has 0 aliphatic heterocycles. The number of aliphatic imine (C=N–C) groups is 1. The molecule has 0 bridgehead atoms. The minimum absolute atomic E-state index is 0.245. The van der Waals surface area contributed by atoms with Gasteiger partial charge in [-0.2, -0.15) is 0 Å². The van der Waals surface area contributed by atoms with Gasteiger partial charge in [0.15, 0.2) is 5.96 Å². The smallest absolute Gasteiger partial charge is 0.191 e. The molecule has 20 heavy (non-hydrogen) atoms. The zero-order valence-corrected chi connectivity index (χ0v) is 13.0. The van der Waals surface area contributed by atoms with Crippen molar-refractivity contribution in [1.29, 1.82) is 0 Å². The fourth-order valence-corrected chi connectivity index (χ4v) is 3.18. The molecule has 2 aliphatic carbocycles. The normalized spacial score (nSPS) is 22.6. The van der Waals surface area contributed by atoms with Gasteiger partial charge in [0.05, 0.1) is 0 Å². The van der Waals surface area contributed by atoms with Crippen molar-refractivity contribution in [3.05, 3.63) is 0 Å². The summed E-state index contributed by atoms with van der Waals surface area (Å²) in [6.45, 7) is 5.22. The van der Waals surface area contributed by atoms with Crippen molar-refractivity contribution in [2.75, 3.05) is 26.2 Å². The van der Waals surface area contributed by atoms with Crippen molar-refractivity contribution in [2.24, 2.45) is 16.3 Å². The Kier molecular flexibility index (Phi) is 6.14. The number of nitrogens with zero attached hydrogens (tertiary/aromatic N) is 1. The summed E-state index contributed by atoms with van der Waals surface area (Å²) in [5.41, 5.74) is 0.245. The molecule has 0 aromatic carbocycles. The maximum Gasteiger partial charge on any atom is 0.191 e. The van der Waals surface area contributed by atoms with Crippen LogP contribution in [0.15, 0.2) is 4.99 Å². The van der Waals surface area contributed by atoms with Gasteiger partial charge in [-0.1, -0.05) is 19.3 Å². The lowest BCUT2D eigenvalue weighted by atomic mass is 9.72. The number of nitrogens with one attached hydrogen (secondary N) is 2. The van der Waals surface area contributed by atoms with Crippen LogP contribution in [0.25, 0.3) is 0 Å². The summed E-state index contributed by atoms with van der Waals surface area (Å²) in [6.07, 6.45) is 10.00. The third-order valence-corrected chi connectivity index (χ3v) is 4.73. The molecule has 3 N–H and O–H groups in total. The van der Waals surface area contributed by atoms with E-state index in [1.807, 2.05) is 0 Å². The Morgan fingerprint density at radius 1 is 1.20 bits per heavy atom. The van der Waals surface area contributed by atoms with E-state index < -0.39 is 0 Å². The molecule has 4 nitrogen and oxygen atoms in total. The van der Waals surface area contributed by atoms with E-state index in [2.05, 4.69) is 17.6 Å². The van der Waals surface area contributed by atoms with E-state index in [9.17, 15) is 5.11 Å². The molecule has 0 heterocycles. The highest BCUT2D eigenvalue weighted by Crippen LogP contribution is 2.39. The average molecular weight is 281 g/mol. The van der Waals surface area contributed by atoms with E-state index in [4.69, 9.17) is 4.99 Å². The highest BCUT2D eigenvalue weighted by atomic mass is 16.3. The first kappa shape index (κ1) is 15.6. The van der Waals surface area contributed by atoms with E-state index >= 15 is 0 Å². The van der Waals surface area contributed by atoms with E-state index in [1.54, 1.807) is 0 Å². The lowest BCUT2D eigenvalue weighted by molar-refractivity contribution is 0.137. The number of rotatable bonds is 7. The van der Waals surface area contributed by atoms with Gasteiger partial charge in [-0.25, -0.2) is 0 Å². The number of guanidine groups is 1. The number of hydrogen-bond acceptors (Lipinski definition) is 2. The summed E-state index contributed by atoms with van der Waals surface area (Å²) in [4.78, 5) is 4.81. The van der Waals surface area contributed by atoms with Crippen molar-refractivity contribution in [3.8, 4) is 0 Å². The van der Waals surface area contributed by atoms with Gasteiger partial charge in [0.25, 0.3) is 0 Å². The van der Waals surface area contributed by atoms with Crippen molar-refractivity contribution in [1.82, 2.24) is 10.6 Å². The predicted molar refractivity (Wildman–Crippen MR) is 83.9 cm³/mol. The van der Waals surface area contributed by atoms with Crippen LogP contribution in [0, 0.1) is 11.3 Å². The summed E-state index contributed by atoms with van der Waals surface area (Å²) >= 11 is 0. The lowest BCUT2D eigenvalue weighted by Gasteiger charge is -2.35. The Balaban J connectivity index is 1.89. The first-order valence-electron chi connectivity index (χ1n) is 8.41. The second-order valence-corrected chi connectivity index (χ2v) is 6.55. The van der Waals surface area contributed by atoms with E-state index in [-0.39, 0.29) is 5.41 Å². The monoisotopic (exact) mass is 281 g/mol. The molecule has 0 spiro atoms.